The average Bonchev–Trinajstić information content (AvgIpc) is 2.57. The Bertz CT molecular complexity index is 760. The first-order valence-electron chi connectivity index (χ1n) is 7.42. The number of nitrogens with one attached hydrogen (secondary N) is 2. The third kappa shape index (κ3) is 6.27. The number of nitrogens with zero attached hydrogens (tertiary/aromatic N) is 1. The number of rotatable bonds is 7. The molecule has 0 radical (unpaired) electrons. The molecule has 0 bridgehead atoms. The summed E-state index contributed by atoms with van der Waals surface area (Å²) in [6, 6.07) is 13.0. The molecular weight excluding hydrogens is 342 g/mol. The fraction of sp³-hybridized carbons (Fsp3) is 0.176. The van der Waals surface area contributed by atoms with Gasteiger partial charge in [0.05, 0.1) is 16.4 Å². The van der Waals surface area contributed by atoms with E-state index >= 15 is 0 Å². The van der Waals surface area contributed by atoms with Gasteiger partial charge in [-0.3, -0.25) is 19.7 Å². The number of hydrogen-bond donors (Lipinski definition) is 2. The molecule has 0 fully saturated rings. The highest BCUT2D eigenvalue weighted by Crippen LogP contribution is 2.16. The number of hydrogen-bond acceptors (Lipinski definition) is 5. The van der Waals surface area contributed by atoms with E-state index in [-0.39, 0.29) is 29.0 Å². The number of thioether (sulfide) groups is 1. The van der Waals surface area contributed by atoms with Gasteiger partial charge in [-0.25, -0.2) is 0 Å². The summed E-state index contributed by atoms with van der Waals surface area (Å²) in [5, 5.41) is 15.9. The highest BCUT2D eigenvalue weighted by Gasteiger charge is 2.08. The molecule has 130 valence electrons. The normalized spacial score (nSPS) is 10.1. The summed E-state index contributed by atoms with van der Waals surface area (Å²) in [5.74, 6) is -0.196. The molecule has 0 aliphatic carbocycles. The van der Waals surface area contributed by atoms with Gasteiger partial charge in [0.2, 0.25) is 11.8 Å². The van der Waals surface area contributed by atoms with Crippen molar-refractivity contribution in [3.63, 3.8) is 0 Å². The lowest BCUT2D eigenvalue weighted by atomic mass is 10.2. The van der Waals surface area contributed by atoms with Crippen LogP contribution in [0.15, 0.2) is 48.5 Å². The van der Waals surface area contributed by atoms with Gasteiger partial charge in [0.1, 0.15) is 0 Å². The maximum atomic E-state index is 11.8. The molecule has 0 heterocycles. The smallest absolute Gasteiger partial charge is 0.269 e. The van der Waals surface area contributed by atoms with Crippen molar-refractivity contribution in [1.29, 1.82) is 0 Å². The van der Waals surface area contributed by atoms with Crippen LogP contribution in [0.2, 0.25) is 0 Å². The standard InChI is InChI=1S/C17H17N3O4S/c1-12-2-4-13(5-3-12)18-16(21)10-25-11-17(22)19-14-6-8-15(9-7-14)20(23)24/h2-9H,10-11H2,1H3,(H,18,21)(H,19,22). The summed E-state index contributed by atoms with van der Waals surface area (Å²) in [5.41, 5.74) is 2.25. The predicted octanol–water partition coefficient (Wildman–Crippen LogP) is 3.21. The first-order chi connectivity index (χ1) is 11.9. The van der Waals surface area contributed by atoms with E-state index < -0.39 is 4.92 Å². The second-order valence-electron chi connectivity index (χ2n) is 5.26. The molecule has 2 aromatic carbocycles. The molecule has 0 saturated heterocycles. The first kappa shape index (κ1) is 18.5. The van der Waals surface area contributed by atoms with Crippen LogP contribution in [0.25, 0.3) is 0 Å². The number of carbonyl (C=O) groups excluding carboxylic acids is 2. The zero-order valence-corrected chi connectivity index (χ0v) is 14.3. The third-order valence-electron chi connectivity index (χ3n) is 3.16. The zero-order valence-electron chi connectivity index (χ0n) is 13.5. The maximum absolute atomic E-state index is 11.8. The number of carbonyl (C=O) groups is 2. The third-order valence-corrected chi connectivity index (χ3v) is 4.10. The summed E-state index contributed by atoms with van der Waals surface area (Å²) in [4.78, 5) is 33.7. The van der Waals surface area contributed by atoms with E-state index in [4.69, 9.17) is 0 Å². The van der Waals surface area contributed by atoms with Crippen LogP contribution in [0.1, 0.15) is 5.56 Å². The Labute approximate surface area is 149 Å². The second kappa shape index (κ2) is 8.84. The maximum Gasteiger partial charge on any atom is 0.269 e. The molecule has 7 nitrogen and oxygen atoms in total. The van der Waals surface area contributed by atoms with Crippen LogP contribution in [-0.4, -0.2) is 28.2 Å². The number of amides is 2. The quantitative estimate of drug-likeness (QED) is 0.584. The van der Waals surface area contributed by atoms with Crippen molar-refractivity contribution in [2.24, 2.45) is 0 Å². The van der Waals surface area contributed by atoms with Gasteiger partial charge in [-0.1, -0.05) is 17.7 Å². The summed E-state index contributed by atoms with van der Waals surface area (Å²) in [7, 11) is 0. The van der Waals surface area contributed by atoms with E-state index in [1.807, 2.05) is 31.2 Å². The van der Waals surface area contributed by atoms with Crippen molar-refractivity contribution in [2.75, 3.05) is 22.1 Å². The lowest BCUT2D eigenvalue weighted by molar-refractivity contribution is -0.384. The van der Waals surface area contributed by atoms with E-state index in [1.54, 1.807) is 0 Å². The minimum Gasteiger partial charge on any atom is -0.325 e. The Kier molecular flexibility index (Phi) is 6.53. The Morgan fingerprint density at radius 3 is 1.80 bits per heavy atom. The van der Waals surface area contributed by atoms with Crippen molar-refractivity contribution in [3.05, 3.63) is 64.2 Å². The minimum absolute atomic E-state index is 0.0415. The molecule has 0 aliphatic rings. The number of nitro benzene ring substituents is 1. The van der Waals surface area contributed by atoms with Crippen molar-refractivity contribution < 1.29 is 14.5 Å². The highest BCUT2D eigenvalue weighted by atomic mass is 32.2. The predicted molar refractivity (Wildman–Crippen MR) is 98.9 cm³/mol. The topological polar surface area (TPSA) is 101 Å². The first-order valence-corrected chi connectivity index (χ1v) is 8.58. The Morgan fingerprint density at radius 2 is 1.36 bits per heavy atom. The van der Waals surface area contributed by atoms with Crippen LogP contribution in [0, 0.1) is 17.0 Å². The van der Waals surface area contributed by atoms with Gasteiger partial charge in [0, 0.05) is 23.5 Å². The summed E-state index contributed by atoms with van der Waals surface area (Å²) < 4.78 is 0. The van der Waals surface area contributed by atoms with Gasteiger partial charge >= 0.3 is 0 Å². The van der Waals surface area contributed by atoms with Gasteiger partial charge in [-0.2, -0.15) is 0 Å². The Morgan fingerprint density at radius 1 is 0.920 bits per heavy atom. The van der Waals surface area contributed by atoms with Crippen molar-refractivity contribution in [1.82, 2.24) is 0 Å². The summed E-state index contributed by atoms with van der Waals surface area (Å²) >= 11 is 1.19. The number of benzene rings is 2. The highest BCUT2D eigenvalue weighted by molar-refractivity contribution is 8.00. The molecule has 0 aliphatic heterocycles. The van der Waals surface area contributed by atoms with Crippen LogP contribution in [0.3, 0.4) is 0 Å². The molecule has 0 aromatic heterocycles. The largest absolute Gasteiger partial charge is 0.325 e. The van der Waals surface area contributed by atoms with E-state index in [2.05, 4.69) is 10.6 Å². The molecule has 0 atom stereocenters. The van der Waals surface area contributed by atoms with E-state index in [1.165, 1.54) is 36.0 Å². The fourth-order valence-corrected chi connectivity index (χ4v) is 2.55. The summed E-state index contributed by atoms with van der Waals surface area (Å²) in [6.07, 6.45) is 0. The molecule has 2 aromatic rings. The SMILES string of the molecule is Cc1ccc(NC(=O)CSCC(=O)Nc2ccc([N+](=O)[O-])cc2)cc1. The molecular formula is C17H17N3O4S. The van der Waals surface area contributed by atoms with Crippen LogP contribution in [0.5, 0.6) is 0 Å². The van der Waals surface area contributed by atoms with Crippen LogP contribution in [0.4, 0.5) is 17.1 Å². The van der Waals surface area contributed by atoms with Crippen LogP contribution < -0.4 is 10.6 Å². The Balaban J connectivity index is 1.71. The van der Waals surface area contributed by atoms with Gasteiger partial charge in [-0.15, -0.1) is 11.8 Å². The van der Waals surface area contributed by atoms with Crippen LogP contribution >= 0.6 is 11.8 Å². The zero-order chi connectivity index (χ0) is 18.2. The molecule has 2 rings (SSSR count). The monoisotopic (exact) mass is 359 g/mol. The molecule has 2 N–H and O–H groups in total. The molecule has 0 spiro atoms. The number of anilines is 2. The molecule has 0 saturated carbocycles. The van der Waals surface area contributed by atoms with Gasteiger partial charge in [0.25, 0.3) is 5.69 Å². The van der Waals surface area contributed by atoms with Crippen molar-refractivity contribution >= 4 is 40.6 Å². The molecule has 25 heavy (non-hydrogen) atoms. The lowest BCUT2D eigenvalue weighted by Gasteiger charge is -2.06. The molecule has 2 amide bonds. The minimum atomic E-state index is -0.506. The summed E-state index contributed by atoms with van der Waals surface area (Å²) in [6.45, 7) is 1.96. The lowest BCUT2D eigenvalue weighted by Crippen LogP contribution is -2.18. The fourth-order valence-electron chi connectivity index (χ4n) is 1.93. The number of non-ortho nitro benzene ring substituents is 1. The average molecular weight is 359 g/mol. The number of nitro groups is 1. The van der Waals surface area contributed by atoms with Gasteiger partial charge < -0.3 is 10.6 Å². The van der Waals surface area contributed by atoms with E-state index in [9.17, 15) is 19.7 Å². The van der Waals surface area contributed by atoms with E-state index in [0.717, 1.165) is 5.56 Å². The van der Waals surface area contributed by atoms with E-state index in [0.29, 0.717) is 11.4 Å². The van der Waals surface area contributed by atoms with Crippen LogP contribution in [-0.2, 0) is 9.59 Å². The molecule has 8 heteroatoms. The number of aryl methyl sites for hydroxylation is 1. The Hall–Kier alpha value is -2.87. The second-order valence-corrected chi connectivity index (χ2v) is 6.24. The molecule has 0 unspecified atom stereocenters. The van der Waals surface area contributed by atoms with Gasteiger partial charge in [-0.05, 0) is 31.2 Å². The van der Waals surface area contributed by atoms with Gasteiger partial charge in [0.15, 0.2) is 0 Å². The van der Waals surface area contributed by atoms with Crippen molar-refractivity contribution in [3.8, 4) is 0 Å². The van der Waals surface area contributed by atoms with Crippen molar-refractivity contribution in [2.45, 2.75) is 6.92 Å².